The Morgan fingerprint density at radius 1 is 0.935 bits per heavy atom. The van der Waals surface area contributed by atoms with Gasteiger partial charge >= 0.3 is 0 Å². The summed E-state index contributed by atoms with van der Waals surface area (Å²) in [7, 11) is 0. The van der Waals surface area contributed by atoms with E-state index in [1.165, 1.54) is 17.7 Å². The lowest BCUT2D eigenvalue weighted by Crippen LogP contribution is -2.44. The topological polar surface area (TPSA) is 52.7 Å². The highest BCUT2D eigenvalue weighted by atomic mass is 19.2. The molecule has 2 saturated heterocycles. The number of nitrogens with one attached hydrogen (secondary N) is 1. The van der Waals surface area contributed by atoms with Gasteiger partial charge in [0.2, 0.25) is 5.91 Å². The molecule has 0 aromatic heterocycles. The van der Waals surface area contributed by atoms with Crippen molar-refractivity contribution in [1.82, 2.24) is 15.1 Å². The van der Waals surface area contributed by atoms with Crippen LogP contribution in [0.3, 0.4) is 0 Å². The highest BCUT2D eigenvalue weighted by molar-refractivity contribution is 5.96. The molecule has 2 aromatic carbocycles. The van der Waals surface area contributed by atoms with Gasteiger partial charge in [-0.05, 0) is 56.0 Å². The quantitative estimate of drug-likeness (QED) is 0.798. The van der Waals surface area contributed by atoms with E-state index in [0.717, 1.165) is 38.4 Å². The molecule has 2 fully saturated rings. The monoisotopic (exact) mass is 427 g/mol. The fourth-order valence-electron chi connectivity index (χ4n) is 4.63. The van der Waals surface area contributed by atoms with Crippen molar-refractivity contribution in [3.05, 3.63) is 71.3 Å². The summed E-state index contributed by atoms with van der Waals surface area (Å²) in [6, 6.07) is 14.3. The minimum Gasteiger partial charge on any atom is -0.343 e. The van der Waals surface area contributed by atoms with Gasteiger partial charge in [-0.3, -0.25) is 14.5 Å². The molecule has 0 spiro atoms. The summed E-state index contributed by atoms with van der Waals surface area (Å²) in [5.41, 5.74) is 1.00. The molecule has 2 aromatic rings. The first-order valence-corrected chi connectivity index (χ1v) is 10.8. The van der Waals surface area contributed by atoms with E-state index in [4.69, 9.17) is 0 Å². The lowest BCUT2D eigenvalue weighted by molar-refractivity contribution is -0.129. The first-order chi connectivity index (χ1) is 15.0. The third-order valence-corrected chi connectivity index (χ3v) is 6.43. The Morgan fingerprint density at radius 2 is 1.68 bits per heavy atom. The van der Waals surface area contributed by atoms with Crippen LogP contribution in [0.1, 0.15) is 41.1 Å². The summed E-state index contributed by atoms with van der Waals surface area (Å²) < 4.78 is 27.0. The number of halogens is 2. The second-order valence-corrected chi connectivity index (χ2v) is 8.29. The number of carbonyl (C=O) groups excluding carboxylic acids is 2. The van der Waals surface area contributed by atoms with Crippen LogP contribution in [0, 0.1) is 11.6 Å². The molecule has 1 unspecified atom stereocenters. The number of hydrogen-bond acceptors (Lipinski definition) is 3. The van der Waals surface area contributed by atoms with E-state index in [0.29, 0.717) is 25.0 Å². The summed E-state index contributed by atoms with van der Waals surface area (Å²) in [6.45, 7) is 3.09. The van der Waals surface area contributed by atoms with Crippen LogP contribution in [-0.4, -0.2) is 60.4 Å². The van der Waals surface area contributed by atoms with Gasteiger partial charge in [0, 0.05) is 19.1 Å². The zero-order valence-electron chi connectivity index (χ0n) is 17.4. The molecule has 0 bridgehead atoms. The van der Waals surface area contributed by atoms with Crippen molar-refractivity contribution in [3.63, 3.8) is 0 Å². The smallest absolute Gasteiger partial charge is 0.254 e. The maximum absolute atomic E-state index is 13.7. The average molecular weight is 427 g/mol. The molecule has 0 radical (unpaired) electrons. The van der Waals surface area contributed by atoms with Gasteiger partial charge in [-0.1, -0.05) is 36.4 Å². The summed E-state index contributed by atoms with van der Waals surface area (Å²) >= 11 is 0. The molecule has 0 aliphatic carbocycles. The van der Waals surface area contributed by atoms with Crippen LogP contribution >= 0.6 is 0 Å². The molecule has 2 aliphatic heterocycles. The Labute approximate surface area is 181 Å². The van der Waals surface area contributed by atoms with E-state index >= 15 is 0 Å². The van der Waals surface area contributed by atoms with Gasteiger partial charge in [-0.2, -0.15) is 0 Å². The minimum absolute atomic E-state index is 0.202. The number of hydrogen-bond donors (Lipinski definition) is 1. The van der Waals surface area contributed by atoms with Gasteiger partial charge in [0.1, 0.15) is 0 Å². The van der Waals surface area contributed by atoms with Crippen molar-refractivity contribution in [2.45, 2.75) is 31.2 Å². The molecular formula is C24H27F2N3O2. The number of likely N-dealkylation sites (tertiary alicyclic amines) is 2. The van der Waals surface area contributed by atoms with Gasteiger partial charge in [-0.25, -0.2) is 8.78 Å². The van der Waals surface area contributed by atoms with Gasteiger partial charge in [0.05, 0.1) is 12.1 Å². The summed E-state index contributed by atoms with van der Waals surface area (Å²) in [6.07, 6.45) is 3.14. The maximum atomic E-state index is 13.7. The predicted molar refractivity (Wildman–Crippen MR) is 114 cm³/mol. The second-order valence-electron chi connectivity index (χ2n) is 8.29. The highest BCUT2D eigenvalue weighted by Crippen LogP contribution is 2.30. The molecular weight excluding hydrogens is 400 g/mol. The fourth-order valence-corrected chi connectivity index (χ4v) is 4.63. The molecule has 7 heteroatoms. The Morgan fingerprint density at radius 3 is 2.42 bits per heavy atom. The number of benzene rings is 2. The highest BCUT2D eigenvalue weighted by Gasteiger charge is 2.32. The maximum Gasteiger partial charge on any atom is 0.254 e. The van der Waals surface area contributed by atoms with Crippen LogP contribution in [0.15, 0.2) is 48.5 Å². The summed E-state index contributed by atoms with van der Waals surface area (Å²) in [5, 5.41) is 2.41. The van der Waals surface area contributed by atoms with Crippen molar-refractivity contribution in [1.29, 1.82) is 0 Å². The van der Waals surface area contributed by atoms with Crippen LogP contribution in [0.2, 0.25) is 0 Å². The molecule has 2 amide bonds. The lowest BCUT2D eigenvalue weighted by Gasteiger charge is -2.36. The first-order valence-electron chi connectivity index (χ1n) is 10.8. The van der Waals surface area contributed by atoms with Crippen LogP contribution in [0.5, 0.6) is 0 Å². The van der Waals surface area contributed by atoms with E-state index < -0.39 is 23.1 Å². The zero-order valence-corrected chi connectivity index (χ0v) is 17.4. The average Bonchev–Trinajstić information content (AvgIpc) is 3.30. The largest absolute Gasteiger partial charge is 0.343 e. The SMILES string of the molecule is O=C(NCC(=O)N1CCC(N2CCC(c3ccccc3)CC2)C1)c1cccc(F)c1F. The van der Waals surface area contributed by atoms with Crippen LogP contribution in [-0.2, 0) is 4.79 Å². The molecule has 0 saturated carbocycles. The van der Waals surface area contributed by atoms with E-state index in [-0.39, 0.29) is 12.5 Å². The number of piperidine rings is 1. The second kappa shape index (κ2) is 9.56. The number of nitrogens with zero attached hydrogens (tertiary/aromatic N) is 2. The normalized spacial score (nSPS) is 20.1. The van der Waals surface area contributed by atoms with E-state index in [9.17, 15) is 18.4 Å². The zero-order chi connectivity index (χ0) is 21.8. The molecule has 1 atom stereocenters. The van der Waals surface area contributed by atoms with E-state index in [1.54, 1.807) is 4.90 Å². The Balaban J connectivity index is 1.24. The van der Waals surface area contributed by atoms with Gasteiger partial charge in [0.15, 0.2) is 11.6 Å². The number of amides is 2. The Hall–Kier alpha value is -2.80. The standard InChI is InChI=1S/C24H27F2N3O2/c25-21-8-4-7-20(23(21)26)24(31)27-15-22(30)29-14-11-19(16-29)28-12-9-18(10-13-28)17-5-2-1-3-6-17/h1-8,18-19H,9-16H2,(H,27,31). The Bertz CT molecular complexity index is 930. The van der Waals surface area contributed by atoms with Crippen molar-refractivity contribution in [2.24, 2.45) is 0 Å². The van der Waals surface area contributed by atoms with Gasteiger partial charge in [0.25, 0.3) is 5.91 Å². The summed E-state index contributed by atoms with van der Waals surface area (Å²) in [4.78, 5) is 28.8. The molecule has 2 aliphatic rings. The summed E-state index contributed by atoms with van der Waals surface area (Å²) in [5.74, 6) is -2.68. The minimum atomic E-state index is -1.20. The third kappa shape index (κ3) is 4.93. The third-order valence-electron chi connectivity index (χ3n) is 6.43. The fraction of sp³-hybridized carbons (Fsp3) is 0.417. The molecule has 1 N–H and O–H groups in total. The molecule has 31 heavy (non-hydrogen) atoms. The number of rotatable bonds is 5. The lowest BCUT2D eigenvalue weighted by atomic mass is 9.89. The van der Waals surface area contributed by atoms with Crippen molar-refractivity contribution in [3.8, 4) is 0 Å². The van der Waals surface area contributed by atoms with Crippen LogP contribution in [0.4, 0.5) is 8.78 Å². The molecule has 4 rings (SSSR count). The molecule has 164 valence electrons. The van der Waals surface area contributed by atoms with Gasteiger partial charge in [-0.15, -0.1) is 0 Å². The first kappa shape index (κ1) is 21.4. The predicted octanol–water partition coefficient (Wildman–Crippen LogP) is 3.18. The Kier molecular flexibility index (Phi) is 6.61. The van der Waals surface area contributed by atoms with Crippen molar-refractivity contribution < 1.29 is 18.4 Å². The van der Waals surface area contributed by atoms with E-state index in [1.807, 2.05) is 6.07 Å². The molecule has 2 heterocycles. The van der Waals surface area contributed by atoms with Crippen LogP contribution < -0.4 is 5.32 Å². The number of carbonyl (C=O) groups is 2. The van der Waals surface area contributed by atoms with Crippen LogP contribution in [0.25, 0.3) is 0 Å². The van der Waals surface area contributed by atoms with E-state index in [2.05, 4.69) is 34.5 Å². The molecule has 5 nitrogen and oxygen atoms in total. The van der Waals surface area contributed by atoms with Crippen molar-refractivity contribution in [2.75, 3.05) is 32.7 Å². The van der Waals surface area contributed by atoms with Crippen molar-refractivity contribution >= 4 is 11.8 Å². The van der Waals surface area contributed by atoms with Gasteiger partial charge < -0.3 is 10.2 Å².